The molecule has 5 heteroatoms. The number of rotatable bonds is 2. The minimum Gasteiger partial charge on any atom is -0.507 e. The van der Waals surface area contributed by atoms with E-state index in [1.165, 1.54) is 18.2 Å². The van der Waals surface area contributed by atoms with E-state index >= 15 is 0 Å². The minimum atomic E-state index is -0.412. The fourth-order valence-electron chi connectivity index (χ4n) is 2.31. The van der Waals surface area contributed by atoms with Crippen LogP contribution in [0.2, 0.25) is 5.02 Å². The molecule has 1 aromatic heterocycles. The first-order chi connectivity index (χ1) is 9.60. The summed E-state index contributed by atoms with van der Waals surface area (Å²) in [7, 11) is 0. The third-order valence-corrected chi connectivity index (χ3v) is 3.46. The Morgan fingerprint density at radius 2 is 2.05 bits per heavy atom. The van der Waals surface area contributed by atoms with Crippen molar-refractivity contribution < 1.29 is 9.50 Å². The number of hydrogen-bond acceptors (Lipinski definition) is 2. The van der Waals surface area contributed by atoms with E-state index in [1.807, 2.05) is 23.6 Å². The van der Waals surface area contributed by atoms with Gasteiger partial charge in [-0.15, -0.1) is 0 Å². The molecule has 0 fully saturated rings. The molecule has 0 radical (unpaired) electrons. The Hall–Kier alpha value is -2.07. The highest BCUT2D eigenvalue weighted by Gasteiger charge is 2.15. The van der Waals surface area contributed by atoms with Crippen molar-refractivity contribution >= 4 is 22.6 Å². The average Bonchev–Trinajstić information content (AvgIpc) is 2.79. The van der Waals surface area contributed by atoms with E-state index in [9.17, 15) is 9.50 Å². The van der Waals surface area contributed by atoms with Gasteiger partial charge in [0.25, 0.3) is 0 Å². The zero-order valence-corrected chi connectivity index (χ0v) is 11.5. The normalized spacial score (nSPS) is 11.2. The molecule has 0 aliphatic heterocycles. The number of fused-ring (bicyclic) bond motifs is 1. The zero-order valence-electron chi connectivity index (χ0n) is 10.8. The van der Waals surface area contributed by atoms with E-state index in [0.29, 0.717) is 23.0 Å². The van der Waals surface area contributed by atoms with Crippen LogP contribution in [0, 0.1) is 5.82 Å². The maximum atomic E-state index is 13.4. The molecule has 0 aliphatic carbocycles. The Morgan fingerprint density at radius 3 is 2.80 bits per heavy atom. The van der Waals surface area contributed by atoms with E-state index in [0.717, 1.165) is 11.0 Å². The maximum absolute atomic E-state index is 13.4. The van der Waals surface area contributed by atoms with Gasteiger partial charge in [-0.1, -0.05) is 11.6 Å². The van der Waals surface area contributed by atoms with Crippen molar-refractivity contribution in [1.29, 1.82) is 0 Å². The summed E-state index contributed by atoms with van der Waals surface area (Å²) >= 11 is 6.01. The smallest absolute Gasteiger partial charge is 0.144 e. The molecule has 20 heavy (non-hydrogen) atoms. The lowest BCUT2D eigenvalue weighted by molar-refractivity contribution is 0.474. The fraction of sp³-hybridized carbons (Fsp3) is 0.133. The Labute approximate surface area is 120 Å². The van der Waals surface area contributed by atoms with E-state index in [-0.39, 0.29) is 5.75 Å². The summed E-state index contributed by atoms with van der Waals surface area (Å²) in [6, 6.07) is 9.21. The largest absolute Gasteiger partial charge is 0.507 e. The molecule has 1 heterocycles. The van der Waals surface area contributed by atoms with Gasteiger partial charge >= 0.3 is 0 Å². The Balaban J connectivity index is 2.33. The number of nitrogens with zero attached hydrogens (tertiary/aromatic N) is 2. The van der Waals surface area contributed by atoms with Gasteiger partial charge in [-0.2, -0.15) is 0 Å². The van der Waals surface area contributed by atoms with Gasteiger partial charge in [0, 0.05) is 11.6 Å². The SMILES string of the molecule is CCn1c(-c2cc(F)ccc2O)nc2ccc(Cl)cc21. The van der Waals surface area contributed by atoms with Gasteiger partial charge < -0.3 is 9.67 Å². The van der Waals surface area contributed by atoms with Gasteiger partial charge in [-0.05, 0) is 43.3 Å². The number of aryl methyl sites for hydroxylation is 1. The van der Waals surface area contributed by atoms with Gasteiger partial charge in [-0.25, -0.2) is 9.37 Å². The standard InChI is InChI=1S/C15H12ClFN2O/c1-2-19-13-7-9(16)3-5-12(13)18-15(19)11-8-10(17)4-6-14(11)20/h3-8,20H,2H2,1H3. The van der Waals surface area contributed by atoms with Crippen LogP contribution in [-0.2, 0) is 6.54 Å². The number of phenolic OH excluding ortho intramolecular Hbond substituents is 1. The lowest BCUT2D eigenvalue weighted by atomic mass is 10.2. The van der Waals surface area contributed by atoms with Gasteiger partial charge in [-0.3, -0.25) is 0 Å². The Morgan fingerprint density at radius 1 is 1.25 bits per heavy atom. The van der Waals surface area contributed by atoms with Crippen LogP contribution in [0.25, 0.3) is 22.4 Å². The maximum Gasteiger partial charge on any atom is 0.144 e. The van der Waals surface area contributed by atoms with Crippen LogP contribution in [0.4, 0.5) is 4.39 Å². The number of hydrogen-bond donors (Lipinski definition) is 1. The molecular weight excluding hydrogens is 279 g/mol. The van der Waals surface area contributed by atoms with Gasteiger partial charge in [0.15, 0.2) is 0 Å². The summed E-state index contributed by atoms with van der Waals surface area (Å²) in [6.07, 6.45) is 0. The van der Waals surface area contributed by atoms with Gasteiger partial charge in [0.1, 0.15) is 17.4 Å². The van der Waals surface area contributed by atoms with Crippen molar-refractivity contribution in [1.82, 2.24) is 9.55 Å². The number of imidazole rings is 1. The third kappa shape index (κ3) is 2.02. The quantitative estimate of drug-likeness (QED) is 0.767. The van der Waals surface area contributed by atoms with E-state index in [1.54, 1.807) is 6.07 Å². The Bertz CT molecular complexity index is 798. The lowest BCUT2D eigenvalue weighted by Gasteiger charge is -2.08. The third-order valence-electron chi connectivity index (χ3n) is 3.23. The van der Waals surface area contributed by atoms with Gasteiger partial charge in [0.05, 0.1) is 16.6 Å². The predicted molar refractivity (Wildman–Crippen MR) is 77.5 cm³/mol. The highest BCUT2D eigenvalue weighted by molar-refractivity contribution is 6.31. The molecule has 2 aromatic carbocycles. The number of phenols is 1. The predicted octanol–water partition coefficient (Wildman–Crippen LogP) is 4.22. The summed E-state index contributed by atoms with van der Waals surface area (Å²) in [5.74, 6) is 0.120. The molecule has 3 rings (SSSR count). The molecule has 0 unspecified atom stereocenters. The lowest BCUT2D eigenvalue weighted by Crippen LogP contribution is -1.98. The molecule has 0 spiro atoms. The number of halogens is 2. The highest BCUT2D eigenvalue weighted by Crippen LogP contribution is 2.32. The topological polar surface area (TPSA) is 38.0 Å². The molecule has 1 N–H and O–H groups in total. The van der Waals surface area contributed by atoms with E-state index in [4.69, 9.17) is 11.6 Å². The Kier molecular flexibility index (Phi) is 3.10. The summed E-state index contributed by atoms with van der Waals surface area (Å²) in [6.45, 7) is 2.60. The molecule has 102 valence electrons. The molecular formula is C15H12ClFN2O. The van der Waals surface area contributed by atoms with Crippen LogP contribution >= 0.6 is 11.6 Å². The molecule has 0 saturated heterocycles. The minimum absolute atomic E-state index is 0.00232. The molecule has 0 atom stereocenters. The average molecular weight is 291 g/mol. The van der Waals surface area contributed by atoms with Crippen molar-refractivity contribution in [3.05, 3.63) is 47.2 Å². The van der Waals surface area contributed by atoms with E-state index < -0.39 is 5.82 Å². The van der Waals surface area contributed by atoms with E-state index in [2.05, 4.69) is 4.98 Å². The van der Waals surface area contributed by atoms with Crippen LogP contribution in [0.5, 0.6) is 5.75 Å². The molecule has 0 bridgehead atoms. The first-order valence-corrected chi connectivity index (χ1v) is 6.62. The molecule has 0 aliphatic rings. The molecule has 0 saturated carbocycles. The van der Waals surface area contributed by atoms with Crippen LogP contribution in [0.3, 0.4) is 0 Å². The van der Waals surface area contributed by atoms with Crippen molar-refractivity contribution in [2.45, 2.75) is 13.5 Å². The van der Waals surface area contributed by atoms with Crippen LogP contribution < -0.4 is 0 Å². The monoisotopic (exact) mass is 290 g/mol. The van der Waals surface area contributed by atoms with Crippen LogP contribution in [0.1, 0.15) is 6.92 Å². The number of benzene rings is 2. The fourth-order valence-corrected chi connectivity index (χ4v) is 2.48. The molecule has 3 aromatic rings. The zero-order chi connectivity index (χ0) is 14.3. The van der Waals surface area contributed by atoms with Gasteiger partial charge in [0.2, 0.25) is 0 Å². The summed E-state index contributed by atoms with van der Waals surface area (Å²) < 4.78 is 15.3. The second-order valence-corrected chi connectivity index (χ2v) is 4.91. The summed E-state index contributed by atoms with van der Waals surface area (Å²) in [4.78, 5) is 4.47. The first-order valence-electron chi connectivity index (χ1n) is 6.25. The highest BCUT2D eigenvalue weighted by atomic mass is 35.5. The second kappa shape index (κ2) is 4.80. The molecule has 3 nitrogen and oxygen atoms in total. The van der Waals surface area contributed by atoms with Crippen LogP contribution in [0.15, 0.2) is 36.4 Å². The van der Waals surface area contributed by atoms with Crippen molar-refractivity contribution in [2.75, 3.05) is 0 Å². The summed E-state index contributed by atoms with van der Waals surface area (Å²) in [5.41, 5.74) is 1.99. The van der Waals surface area contributed by atoms with Crippen molar-refractivity contribution in [3.63, 3.8) is 0 Å². The number of aromatic hydroxyl groups is 1. The molecule has 0 amide bonds. The summed E-state index contributed by atoms with van der Waals surface area (Å²) in [5, 5.41) is 10.6. The van der Waals surface area contributed by atoms with Crippen LogP contribution in [-0.4, -0.2) is 14.7 Å². The van der Waals surface area contributed by atoms with Crippen molar-refractivity contribution in [3.8, 4) is 17.1 Å². The first kappa shape index (κ1) is 12.9. The second-order valence-electron chi connectivity index (χ2n) is 4.47. The number of aromatic nitrogens is 2. The van der Waals surface area contributed by atoms with Crippen molar-refractivity contribution in [2.24, 2.45) is 0 Å².